The second-order valence-electron chi connectivity index (χ2n) is 7.11. The summed E-state index contributed by atoms with van der Waals surface area (Å²) in [6.07, 6.45) is 3.08. The summed E-state index contributed by atoms with van der Waals surface area (Å²) in [6, 6.07) is 5.77. The molecular weight excluding hydrogens is 338 g/mol. The number of likely N-dealkylation sites (tertiary alicyclic amines) is 1. The van der Waals surface area contributed by atoms with Crippen LogP contribution in [-0.4, -0.2) is 33.9 Å². The minimum absolute atomic E-state index is 0.152. The van der Waals surface area contributed by atoms with Crippen molar-refractivity contribution in [2.75, 3.05) is 13.1 Å². The zero-order chi connectivity index (χ0) is 18.9. The number of imidazole rings is 1. The number of carbonyl (C=O) groups excluding carboxylic acids is 1. The van der Waals surface area contributed by atoms with Crippen molar-refractivity contribution >= 4 is 5.91 Å². The Morgan fingerprint density at radius 2 is 2.00 bits per heavy atom. The molecule has 0 radical (unpaired) electrons. The molecule has 1 aromatic heterocycles. The fourth-order valence-corrected chi connectivity index (χ4v) is 3.15. The standard InChI is InChI=1S/C19H20F2N4O/c1-19(2,11-22)18(26)25-7-5-12(6-8-25)17-23-10-16(24-17)13-3-4-14(20)15(21)9-13/h3-4,9-10,12H,5-8H2,1-2H3,(H,23,24). The predicted octanol–water partition coefficient (Wildman–Crippen LogP) is 3.61. The third-order valence-corrected chi connectivity index (χ3v) is 4.81. The summed E-state index contributed by atoms with van der Waals surface area (Å²) in [5, 5.41) is 9.11. The molecule has 0 unspecified atom stereocenters. The fourth-order valence-electron chi connectivity index (χ4n) is 3.15. The number of H-pyrrole nitrogens is 1. The number of amides is 1. The van der Waals surface area contributed by atoms with Gasteiger partial charge in [0.1, 0.15) is 11.2 Å². The molecule has 0 aliphatic carbocycles. The van der Waals surface area contributed by atoms with Gasteiger partial charge in [-0.05, 0) is 44.9 Å². The lowest BCUT2D eigenvalue weighted by atomic mass is 9.90. The van der Waals surface area contributed by atoms with Crippen LogP contribution in [0.1, 0.15) is 38.4 Å². The molecule has 5 nitrogen and oxygen atoms in total. The summed E-state index contributed by atoms with van der Waals surface area (Å²) >= 11 is 0. The molecule has 2 aromatic rings. The minimum atomic E-state index is -1.02. The number of piperidine rings is 1. The Labute approximate surface area is 150 Å². The van der Waals surface area contributed by atoms with Gasteiger partial charge in [0.15, 0.2) is 11.6 Å². The Morgan fingerprint density at radius 1 is 1.31 bits per heavy atom. The third-order valence-electron chi connectivity index (χ3n) is 4.81. The van der Waals surface area contributed by atoms with E-state index in [1.165, 1.54) is 6.07 Å². The Morgan fingerprint density at radius 3 is 2.62 bits per heavy atom. The average Bonchev–Trinajstić information content (AvgIpc) is 3.13. The van der Waals surface area contributed by atoms with Crippen LogP contribution in [0.3, 0.4) is 0 Å². The van der Waals surface area contributed by atoms with Gasteiger partial charge in [-0.25, -0.2) is 13.8 Å². The van der Waals surface area contributed by atoms with Gasteiger partial charge in [0.05, 0.1) is 18.0 Å². The van der Waals surface area contributed by atoms with Gasteiger partial charge in [0.2, 0.25) is 5.91 Å². The highest BCUT2D eigenvalue weighted by Crippen LogP contribution is 2.30. The first-order valence-corrected chi connectivity index (χ1v) is 8.53. The molecule has 2 heterocycles. The number of rotatable bonds is 3. The Bertz CT molecular complexity index is 861. The fraction of sp³-hybridized carbons (Fsp3) is 0.421. The van der Waals surface area contributed by atoms with E-state index in [9.17, 15) is 13.6 Å². The number of aromatic amines is 1. The van der Waals surface area contributed by atoms with Gasteiger partial charge in [0, 0.05) is 24.6 Å². The van der Waals surface area contributed by atoms with Crippen LogP contribution in [0.2, 0.25) is 0 Å². The molecule has 0 atom stereocenters. The van der Waals surface area contributed by atoms with Gasteiger partial charge >= 0.3 is 0 Å². The molecule has 0 spiro atoms. The summed E-state index contributed by atoms with van der Waals surface area (Å²) in [6.45, 7) is 4.38. The molecule has 1 saturated heterocycles. The molecule has 1 aliphatic rings. The van der Waals surface area contributed by atoms with Crippen molar-refractivity contribution in [1.29, 1.82) is 5.26 Å². The first kappa shape index (κ1) is 18.1. The highest BCUT2D eigenvalue weighted by molar-refractivity contribution is 5.84. The van der Waals surface area contributed by atoms with E-state index in [4.69, 9.17) is 5.26 Å². The second-order valence-corrected chi connectivity index (χ2v) is 7.11. The van der Waals surface area contributed by atoms with Crippen molar-refractivity contribution in [3.05, 3.63) is 41.9 Å². The molecule has 26 heavy (non-hydrogen) atoms. The molecule has 136 valence electrons. The minimum Gasteiger partial charge on any atom is -0.342 e. The molecule has 1 amide bonds. The van der Waals surface area contributed by atoms with E-state index < -0.39 is 17.0 Å². The third kappa shape index (κ3) is 3.45. The quantitative estimate of drug-likeness (QED) is 0.911. The highest BCUT2D eigenvalue weighted by atomic mass is 19.2. The number of aromatic nitrogens is 2. The lowest BCUT2D eigenvalue weighted by molar-refractivity contribution is -0.138. The summed E-state index contributed by atoms with van der Waals surface area (Å²) < 4.78 is 26.5. The largest absolute Gasteiger partial charge is 0.342 e. The zero-order valence-electron chi connectivity index (χ0n) is 14.7. The van der Waals surface area contributed by atoms with Gasteiger partial charge in [-0.1, -0.05) is 0 Å². The number of nitrogens with zero attached hydrogens (tertiary/aromatic N) is 3. The number of hydrogen-bond acceptors (Lipinski definition) is 3. The average molecular weight is 358 g/mol. The van der Waals surface area contributed by atoms with Gasteiger partial charge in [-0.2, -0.15) is 5.26 Å². The second kappa shape index (κ2) is 6.87. The number of nitrogens with one attached hydrogen (secondary N) is 1. The monoisotopic (exact) mass is 358 g/mol. The molecule has 1 aliphatic heterocycles. The van der Waals surface area contributed by atoms with E-state index >= 15 is 0 Å². The van der Waals surface area contributed by atoms with Crippen molar-refractivity contribution in [2.45, 2.75) is 32.6 Å². The zero-order valence-corrected chi connectivity index (χ0v) is 14.7. The lowest BCUT2D eigenvalue weighted by Gasteiger charge is -2.34. The van der Waals surface area contributed by atoms with Crippen LogP contribution in [0.25, 0.3) is 11.3 Å². The van der Waals surface area contributed by atoms with Crippen LogP contribution in [0, 0.1) is 28.4 Å². The Hall–Kier alpha value is -2.75. The molecule has 1 fully saturated rings. The number of halogens is 2. The van der Waals surface area contributed by atoms with Crippen LogP contribution in [-0.2, 0) is 4.79 Å². The molecule has 1 aromatic carbocycles. The van der Waals surface area contributed by atoms with Crippen molar-refractivity contribution in [3.63, 3.8) is 0 Å². The number of hydrogen-bond donors (Lipinski definition) is 1. The van der Waals surface area contributed by atoms with Crippen molar-refractivity contribution in [2.24, 2.45) is 5.41 Å². The van der Waals surface area contributed by atoms with E-state index in [1.807, 2.05) is 6.07 Å². The maximum absolute atomic E-state index is 13.4. The first-order chi connectivity index (χ1) is 12.3. The maximum atomic E-state index is 13.4. The summed E-state index contributed by atoms with van der Waals surface area (Å²) in [5.41, 5.74) is 0.145. The first-order valence-electron chi connectivity index (χ1n) is 8.53. The molecule has 7 heteroatoms. The highest BCUT2D eigenvalue weighted by Gasteiger charge is 2.34. The van der Waals surface area contributed by atoms with Crippen molar-refractivity contribution in [3.8, 4) is 17.3 Å². The van der Waals surface area contributed by atoms with E-state index in [-0.39, 0.29) is 11.8 Å². The lowest BCUT2D eigenvalue weighted by Crippen LogP contribution is -2.44. The molecule has 3 rings (SSSR count). The van der Waals surface area contributed by atoms with Crippen LogP contribution in [0.5, 0.6) is 0 Å². The normalized spacial score (nSPS) is 15.7. The number of nitriles is 1. The molecule has 1 N–H and O–H groups in total. The summed E-state index contributed by atoms with van der Waals surface area (Å²) in [5.74, 6) is -1.00. The van der Waals surface area contributed by atoms with Gasteiger partial charge in [0.25, 0.3) is 0 Å². The maximum Gasteiger partial charge on any atom is 0.242 e. The topological polar surface area (TPSA) is 72.8 Å². The molecular formula is C19H20F2N4O. The predicted molar refractivity (Wildman–Crippen MR) is 91.9 cm³/mol. The van der Waals surface area contributed by atoms with Gasteiger partial charge < -0.3 is 9.88 Å². The number of carbonyl (C=O) groups is 1. The van der Waals surface area contributed by atoms with Crippen LogP contribution >= 0.6 is 0 Å². The number of benzene rings is 1. The molecule has 0 saturated carbocycles. The Balaban J connectivity index is 1.68. The summed E-state index contributed by atoms with van der Waals surface area (Å²) in [4.78, 5) is 21.6. The van der Waals surface area contributed by atoms with Crippen LogP contribution in [0.15, 0.2) is 24.4 Å². The van der Waals surface area contributed by atoms with Crippen molar-refractivity contribution < 1.29 is 13.6 Å². The van der Waals surface area contributed by atoms with Gasteiger partial charge in [-0.3, -0.25) is 4.79 Å². The smallest absolute Gasteiger partial charge is 0.242 e. The molecule has 0 bridgehead atoms. The van der Waals surface area contributed by atoms with E-state index in [0.29, 0.717) is 24.3 Å². The Kier molecular flexibility index (Phi) is 4.77. The van der Waals surface area contributed by atoms with E-state index in [2.05, 4.69) is 9.97 Å². The van der Waals surface area contributed by atoms with Gasteiger partial charge in [-0.15, -0.1) is 0 Å². The SMILES string of the molecule is CC(C)(C#N)C(=O)N1CCC(c2ncc(-c3ccc(F)c(F)c3)[nH]2)CC1. The van der Waals surface area contributed by atoms with Crippen LogP contribution < -0.4 is 0 Å². The van der Waals surface area contributed by atoms with E-state index in [1.54, 1.807) is 24.9 Å². The van der Waals surface area contributed by atoms with E-state index in [0.717, 1.165) is 30.8 Å². The van der Waals surface area contributed by atoms with Crippen molar-refractivity contribution in [1.82, 2.24) is 14.9 Å². The summed E-state index contributed by atoms with van der Waals surface area (Å²) in [7, 11) is 0. The van der Waals surface area contributed by atoms with Crippen LogP contribution in [0.4, 0.5) is 8.78 Å².